The summed E-state index contributed by atoms with van der Waals surface area (Å²) in [4.78, 5) is 0.660. The van der Waals surface area contributed by atoms with Crippen molar-refractivity contribution in [2.45, 2.75) is 26.8 Å². The molecule has 1 heterocycles. The van der Waals surface area contributed by atoms with E-state index in [0.717, 1.165) is 13.0 Å². The Bertz CT molecular complexity index is 507. The van der Waals surface area contributed by atoms with E-state index in [4.69, 9.17) is 5.41 Å². The van der Waals surface area contributed by atoms with Gasteiger partial charge in [0.1, 0.15) is 0 Å². The van der Waals surface area contributed by atoms with Crippen molar-refractivity contribution < 1.29 is 0 Å². The molecule has 1 aromatic carbocycles. The number of rotatable bonds is 2. The molecular formula is C11H14N2S. The standard InChI is InChI=1S/C11H14N2S/c1-3-6-13-9-5-4-8(2)7-10(9)14-11(13)12/h4-5,7,12H,3,6H2,1-2H3. The van der Waals surface area contributed by atoms with Crippen LogP contribution in [0.4, 0.5) is 0 Å². The fraction of sp³-hybridized carbons (Fsp3) is 0.364. The molecule has 0 unspecified atom stereocenters. The summed E-state index contributed by atoms with van der Waals surface area (Å²) in [6, 6.07) is 6.39. The Hall–Kier alpha value is -1.09. The first-order chi connectivity index (χ1) is 6.72. The largest absolute Gasteiger partial charge is 0.317 e. The number of hydrogen-bond donors (Lipinski definition) is 1. The Morgan fingerprint density at radius 2 is 2.21 bits per heavy atom. The average molecular weight is 206 g/mol. The second-order valence-electron chi connectivity index (χ2n) is 3.53. The number of aryl methyl sites for hydroxylation is 2. The SMILES string of the molecule is CCCn1c(=N)sc2cc(C)ccc21. The van der Waals surface area contributed by atoms with Gasteiger partial charge in [-0.15, -0.1) is 0 Å². The predicted molar refractivity (Wildman–Crippen MR) is 60.7 cm³/mol. The maximum Gasteiger partial charge on any atom is 0.182 e. The lowest BCUT2D eigenvalue weighted by molar-refractivity contribution is 0.676. The van der Waals surface area contributed by atoms with E-state index in [1.54, 1.807) is 11.3 Å². The zero-order valence-electron chi connectivity index (χ0n) is 8.50. The van der Waals surface area contributed by atoms with Crippen LogP contribution in [0.3, 0.4) is 0 Å². The number of thiazole rings is 1. The van der Waals surface area contributed by atoms with Crippen LogP contribution in [0.5, 0.6) is 0 Å². The summed E-state index contributed by atoms with van der Waals surface area (Å²) < 4.78 is 3.31. The molecule has 0 radical (unpaired) electrons. The zero-order valence-corrected chi connectivity index (χ0v) is 9.32. The van der Waals surface area contributed by atoms with E-state index >= 15 is 0 Å². The van der Waals surface area contributed by atoms with E-state index in [-0.39, 0.29) is 0 Å². The van der Waals surface area contributed by atoms with E-state index in [1.165, 1.54) is 15.8 Å². The van der Waals surface area contributed by atoms with Crippen molar-refractivity contribution in [3.05, 3.63) is 28.6 Å². The molecule has 0 amide bonds. The van der Waals surface area contributed by atoms with Crippen LogP contribution in [-0.4, -0.2) is 4.57 Å². The van der Waals surface area contributed by atoms with Crippen LogP contribution in [0.15, 0.2) is 18.2 Å². The molecule has 0 fully saturated rings. The summed E-state index contributed by atoms with van der Waals surface area (Å²) in [5.74, 6) is 0. The normalized spacial score (nSPS) is 11.0. The van der Waals surface area contributed by atoms with Crippen molar-refractivity contribution in [2.75, 3.05) is 0 Å². The van der Waals surface area contributed by atoms with Gasteiger partial charge in [0.2, 0.25) is 0 Å². The fourth-order valence-electron chi connectivity index (χ4n) is 1.64. The molecule has 0 bridgehead atoms. The van der Waals surface area contributed by atoms with Gasteiger partial charge < -0.3 is 4.57 Å². The van der Waals surface area contributed by atoms with Crippen LogP contribution in [0.25, 0.3) is 10.2 Å². The quantitative estimate of drug-likeness (QED) is 0.783. The maximum atomic E-state index is 7.85. The van der Waals surface area contributed by atoms with Gasteiger partial charge in [0, 0.05) is 6.54 Å². The molecule has 1 N–H and O–H groups in total. The zero-order chi connectivity index (χ0) is 10.1. The predicted octanol–water partition coefficient (Wildman–Crippen LogP) is 2.90. The van der Waals surface area contributed by atoms with E-state index in [2.05, 4.69) is 36.6 Å². The van der Waals surface area contributed by atoms with Crippen molar-refractivity contribution in [1.29, 1.82) is 5.41 Å². The van der Waals surface area contributed by atoms with Crippen LogP contribution in [-0.2, 0) is 6.54 Å². The average Bonchev–Trinajstić information content (AvgIpc) is 2.43. The van der Waals surface area contributed by atoms with Crippen LogP contribution in [0.2, 0.25) is 0 Å². The molecule has 0 saturated heterocycles. The molecule has 3 heteroatoms. The Morgan fingerprint density at radius 1 is 1.43 bits per heavy atom. The van der Waals surface area contributed by atoms with Gasteiger partial charge in [-0.2, -0.15) is 0 Å². The second-order valence-corrected chi connectivity index (χ2v) is 4.56. The smallest absolute Gasteiger partial charge is 0.182 e. The van der Waals surface area contributed by atoms with Gasteiger partial charge in [-0.25, -0.2) is 0 Å². The van der Waals surface area contributed by atoms with Gasteiger partial charge in [-0.05, 0) is 31.0 Å². The minimum Gasteiger partial charge on any atom is -0.317 e. The van der Waals surface area contributed by atoms with Crippen LogP contribution in [0.1, 0.15) is 18.9 Å². The Kier molecular flexibility index (Phi) is 2.42. The summed E-state index contributed by atoms with van der Waals surface area (Å²) >= 11 is 1.56. The summed E-state index contributed by atoms with van der Waals surface area (Å²) in [5.41, 5.74) is 2.47. The third-order valence-electron chi connectivity index (χ3n) is 2.31. The highest BCUT2D eigenvalue weighted by Gasteiger charge is 2.03. The number of nitrogens with one attached hydrogen (secondary N) is 1. The molecule has 2 rings (SSSR count). The molecule has 0 atom stereocenters. The summed E-state index contributed by atoms with van der Waals surface area (Å²) in [6.45, 7) is 5.18. The number of fused-ring (bicyclic) bond motifs is 1. The van der Waals surface area contributed by atoms with Crippen molar-refractivity contribution in [2.24, 2.45) is 0 Å². The Labute approximate surface area is 87.3 Å². The van der Waals surface area contributed by atoms with Crippen LogP contribution in [0, 0.1) is 12.3 Å². The van der Waals surface area contributed by atoms with Crippen molar-refractivity contribution in [3.8, 4) is 0 Å². The molecular weight excluding hydrogens is 192 g/mol. The van der Waals surface area contributed by atoms with Crippen LogP contribution < -0.4 is 4.80 Å². The summed E-state index contributed by atoms with van der Waals surface area (Å²) in [7, 11) is 0. The molecule has 2 aromatic rings. The number of hydrogen-bond acceptors (Lipinski definition) is 2. The minimum atomic E-state index is 0.660. The number of aromatic nitrogens is 1. The second kappa shape index (κ2) is 3.58. The van der Waals surface area contributed by atoms with Crippen molar-refractivity contribution in [3.63, 3.8) is 0 Å². The van der Waals surface area contributed by atoms with Gasteiger partial charge in [0.15, 0.2) is 4.80 Å². The van der Waals surface area contributed by atoms with Gasteiger partial charge in [0.25, 0.3) is 0 Å². The highest BCUT2D eigenvalue weighted by atomic mass is 32.1. The lowest BCUT2D eigenvalue weighted by atomic mass is 10.2. The van der Waals surface area contributed by atoms with E-state index in [0.29, 0.717) is 4.80 Å². The molecule has 2 nitrogen and oxygen atoms in total. The maximum absolute atomic E-state index is 7.85. The Morgan fingerprint density at radius 3 is 2.93 bits per heavy atom. The first-order valence-electron chi connectivity index (χ1n) is 4.87. The first-order valence-corrected chi connectivity index (χ1v) is 5.68. The monoisotopic (exact) mass is 206 g/mol. The van der Waals surface area contributed by atoms with E-state index in [9.17, 15) is 0 Å². The lowest BCUT2D eigenvalue weighted by Gasteiger charge is -2.01. The van der Waals surface area contributed by atoms with Crippen molar-refractivity contribution >= 4 is 21.6 Å². The van der Waals surface area contributed by atoms with Gasteiger partial charge in [0.05, 0.1) is 10.2 Å². The Balaban J connectivity index is 2.71. The topological polar surface area (TPSA) is 28.8 Å². The molecule has 0 aliphatic heterocycles. The number of nitrogens with zero attached hydrogens (tertiary/aromatic N) is 1. The third kappa shape index (κ3) is 1.48. The molecule has 0 saturated carbocycles. The molecule has 0 aliphatic carbocycles. The van der Waals surface area contributed by atoms with Gasteiger partial charge in [-0.3, -0.25) is 5.41 Å². The fourth-order valence-corrected chi connectivity index (χ4v) is 2.68. The molecule has 0 spiro atoms. The molecule has 14 heavy (non-hydrogen) atoms. The number of benzene rings is 1. The lowest BCUT2D eigenvalue weighted by Crippen LogP contribution is -2.12. The van der Waals surface area contributed by atoms with Gasteiger partial charge in [-0.1, -0.05) is 24.3 Å². The van der Waals surface area contributed by atoms with Crippen molar-refractivity contribution in [1.82, 2.24) is 4.57 Å². The molecule has 1 aromatic heterocycles. The highest BCUT2D eigenvalue weighted by Crippen LogP contribution is 2.18. The molecule has 0 aliphatic rings. The van der Waals surface area contributed by atoms with Gasteiger partial charge >= 0.3 is 0 Å². The summed E-state index contributed by atoms with van der Waals surface area (Å²) in [6.07, 6.45) is 1.08. The third-order valence-corrected chi connectivity index (χ3v) is 3.27. The molecule has 74 valence electrons. The highest BCUT2D eigenvalue weighted by molar-refractivity contribution is 7.16. The van der Waals surface area contributed by atoms with E-state index < -0.39 is 0 Å². The first kappa shape index (κ1) is 9.46. The van der Waals surface area contributed by atoms with E-state index in [1.807, 2.05) is 0 Å². The summed E-state index contributed by atoms with van der Waals surface area (Å²) in [5, 5.41) is 7.85. The van der Waals surface area contributed by atoms with Crippen LogP contribution >= 0.6 is 11.3 Å². The minimum absolute atomic E-state index is 0.660.